The van der Waals surface area contributed by atoms with Crippen molar-refractivity contribution in [2.24, 2.45) is 0 Å². The van der Waals surface area contributed by atoms with Gasteiger partial charge >= 0.3 is 6.36 Å². The Morgan fingerprint density at radius 1 is 0.875 bits per heavy atom. The number of aryl methyl sites for hydroxylation is 1. The van der Waals surface area contributed by atoms with Crippen LogP contribution in [0.15, 0.2) is 66.7 Å². The normalized spacial score (nSPS) is 17.9. The lowest BCUT2D eigenvalue weighted by atomic mass is 9.88. The average molecular weight is 556 g/mol. The van der Waals surface area contributed by atoms with Crippen LogP contribution in [0, 0.1) is 0 Å². The van der Waals surface area contributed by atoms with Crippen molar-refractivity contribution in [3.8, 4) is 17.2 Å². The van der Waals surface area contributed by atoms with Crippen LogP contribution in [0.4, 0.5) is 17.6 Å². The first-order valence-electron chi connectivity index (χ1n) is 13.6. The van der Waals surface area contributed by atoms with Crippen molar-refractivity contribution in [2.75, 3.05) is 33.4 Å². The summed E-state index contributed by atoms with van der Waals surface area (Å²) in [5.41, 5.74) is 6.22. The molecule has 0 radical (unpaired) electrons. The Hall–Kier alpha value is -3.52. The molecule has 212 valence electrons. The Morgan fingerprint density at radius 2 is 1.57 bits per heavy atom. The molecule has 0 bridgehead atoms. The monoisotopic (exact) mass is 555 g/mol. The second-order valence-electron chi connectivity index (χ2n) is 10.2. The highest BCUT2D eigenvalue weighted by Gasteiger charge is 2.31. The van der Waals surface area contributed by atoms with Crippen molar-refractivity contribution >= 4 is 11.1 Å². The van der Waals surface area contributed by atoms with E-state index >= 15 is 0 Å². The molecule has 1 saturated heterocycles. The number of hydrogen-bond acceptors (Lipinski definition) is 4. The molecule has 1 atom stereocenters. The van der Waals surface area contributed by atoms with Crippen LogP contribution < -0.4 is 14.2 Å². The van der Waals surface area contributed by atoms with Crippen LogP contribution in [-0.4, -0.2) is 50.8 Å². The van der Waals surface area contributed by atoms with Gasteiger partial charge < -0.3 is 14.2 Å². The molecule has 0 N–H and O–H groups in total. The van der Waals surface area contributed by atoms with E-state index in [1.165, 1.54) is 17.7 Å². The van der Waals surface area contributed by atoms with Crippen LogP contribution in [-0.2, 0) is 6.42 Å². The largest absolute Gasteiger partial charge is 0.573 e. The van der Waals surface area contributed by atoms with Crippen LogP contribution in [0.25, 0.3) is 11.1 Å². The molecule has 1 heterocycles. The van der Waals surface area contributed by atoms with Crippen molar-refractivity contribution in [2.45, 2.75) is 44.6 Å². The highest BCUT2D eigenvalue weighted by molar-refractivity contribution is 6.00. The molecule has 8 heteroatoms. The number of hydrogen-bond donors (Lipinski definition) is 0. The number of alkyl halides is 4. The summed E-state index contributed by atoms with van der Waals surface area (Å²) >= 11 is 0. The number of halogens is 4. The van der Waals surface area contributed by atoms with Gasteiger partial charge in [-0.25, -0.2) is 0 Å². The fraction of sp³-hybridized carbons (Fsp3) is 0.375. The third-order valence-electron chi connectivity index (χ3n) is 7.48. The van der Waals surface area contributed by atoms with Gasteiger partial charge in [-0.15, -0.1) is 13.2 Å². The lowest BCUT2D eigenvalue weighted by Gasteiger charge is -2.19. The lowest BCUT2D eigenvalue weighted by molar-refractivity contribution is -0.274. The Morgan fingerprint density at radius 3 is 2.27 bits per heavy atom. The number of benzene rings is 3. The molecule has 1 aliphatic heterocycles. The third kappa shape index (κ3) is 6.78. The zero-order valence-electron chi connectivity index (χ0n) is 22.5. The van der Waals surface area contributed by atoms with E-state index in [1.54, 1.807) is 19.2 Å². The van der Waals surface area contributed by atoms with Crippen LogP contribution in [0.5, 0.6) is 17.2 Å². The number of likely N-dealkylation sites (tertiary alicyclic amines) is 1. The van der Waals surface area contributed by atoms with Crippen molar-refractivity contribution in [3.05, 3.63) is 89.0 Å². The Labute approximate surface area is 232 Å². The standard InChI is InChI=1S/C32H33F4NO3/c1-38-27-14-15-30-24(20-27)4-2-5-29(22-6-12-26(13-7-22)40-32(34,35)36)31(30)23-8-10-25(11-9-23)39-28-16-19-37(21-28)18-3-17-33/h6-15,20,28H,2-5,16-19,21H2,1H3. The minimum absolute atomic E-state index is 0.0729. The Balaban J connectivity index is 1.47. The Kier molecular flexibility index (Phi) is 8.64. The number of ether oxygens (including phenoxy) is 3. The van der Waals surface area contributed by atoms with E-state index in [2.05, 4.69) is 21.8 Å². The first-order valence-corrected chi connectivity index (χ1v) is 13.6. The number of rotatable bonds is 9. The second kappa shape index (κ2) is 12.3. The van der Waals surface area contributed by atoms with Gasteiger partial charge in [0.25, 0.3) is 0 Å². The van der Waals surface area contributed by atoms with Gasteiger partial charge in [-0.1, -0.05) is 30.3 Å². The predicted octanol–water partition coefficient (Wildman–Crippen LogP) is 7.70. The maximum absolute atomic E-state index is 12.7. The highest BCUT2D eigenvalue weighted by atomic mass is 19.4. The first-order chi connectivity index (χ1) is 19.3. The molecule has 40 heavy (non-hydrogen) atoms. The molecule has 3 aromatic carbocycles. The molecule has 0 saturated carbocycles. The van der Waals surface area contributed by atoms with Crippen LogP contribution in [0.3, 0.4) is 0 Å². The van der Waals surface area contributed by atoms with Gasteiger partial charge in [-0.3, -0.25) is 9.29 Å². The summed E-state index contributed by atoms with van der Waals surface area (Å²) in [5.74, 6) is 1.32. The van der Waals surface area contributed by atoms with Gasteiger partial charge in [0, 0.05) is 19.6 Å². The van der Waals surface area contributed by atoms with Crippen molar-refractivity contribution in [3.63, 3.8) is 0 Å². The van der Waals surface area contributed by atoms with E-state index in [9.17, 15) is 17.6 Å². The van der Waals surface area contributed by atoms with E-state index in [0.29, 0.717) is 6.42 Å². The molecular weight excluding hydrogens is 522 g/mol. The SMILES string of the molecule is COc1ccc2c(c1)CCCC(c1ccc(OC(F)(F)F)cc1)=C2c1ccc(OC2CCN(CCCF)C2)cc1. The van der Waals surface area contributed by atoms with E-state index in [0.717, 1.165) is 84.7 Å². The summed E-state index contributed by atoms with van der Waals surface area (Å²) in [6.07, 6.45) is -0.694. The summed E-state index contributed by atoms with van der Waals surface area (Å²) in [6.45, 7) is 2.15. The molecule has 2 aliphatic rings. The minimum Gasteiger partial charge on any atom is -0.497 e. The number of allylic oxidation sites excluding steroid dienone is 1. The number of fused-ring (bicyclic) bond motifs is 1. The molecule has 5 rings (SSSR count). The molecular formula is C32H33F4NO3. The summed E-state index contributed by atoms with van der Waals surface area (Å²) in [4.78, 5) is 2.23. The fourth-order valence-corrected chi connectivity index (χ4v) is 5.64. The zero-order valence-corrected chi connectivity index (χ0v) is 22.5. The van der Waals surface area contributed by atoms with E-state index in [4.69, 9.17) is 9.47 Å². The summed E-state index contributed by atoms with van der Waals surface area (Å²) in [6, 6.07) is 20.2. The average Bonchev–Trinajstić information content (AvgIpc) is 3.30. The first kappa shape index (κ1) is 28.0. The van der Waals surface area contributed by atoms with Gasteiger partial charge in [-0.2, -0.15) is 0 Å². The maximum Gasteiger partial charge on any atom is 0.573 e. The van der Waals surface area contributed by atoms with Gasteiger partial charge in [0.1, 0.15) is 23.4 Å². The Bertz CT molecular complexity index is 1320. The van der Waals surface area contributed by atoms with Crippen molar-refractivity contribution < 1.29 is 31.8 Å². The maximum atomic E-state index is 12.7. The predicted molar refractivity (Wildman–Crippen MR) is 147 cm³/mol. The number of nitrogens with zero attached hydrogens (tertiary/aromatic N) is 1. The van der Waals surface area contributed by atoms with Crippen LogP contribution >= 0.6 is 0 Å². The molecule has 0 spiro atoms. The third-order valence-corrected chi connectivity index (χ3v) is 7.48. The van der Waals surface area contributed by atoms with Gasteiger partial charge in [0.15, 0.2) is 0 Å². The smallest absolute Gasteiger partial charge is 0.497 e. The van der Waals surface area contributed by atoms with Crippen LogP contribution in [0.1, 0.15) is 47.9 Å². The molecule has 0 aromatic heterocycles. The van der Waals surface area contributed by atoms with Crippen molar-refractivity contribution in [1.29, 1.82) is 0 Å². The molecule has 1 fully saturated rings. The van der Waals surface area contributed by atoms with E-state index < -0.39 is 6.36 Å². The molecule has 1 unspecified atom stereocenters. The van der Waals surface area contributed by atoms with E-state index in [1.807, 2.05) is 30.3 Å². The van der Waals surface area contributed by atoms with Crippen LogP contribution in [0.2, 0.25) is 0 Å². The van der Waals surface area contributed by atoms with Gasteiger partial charge in [-0.05, 0) is 102 Å². The quantitative estimate of drug-likeness (QED) is 0.253. The summed E-state index contributed by atoms with van der Waals surface area (Å²) in [7, 11) is 1.65. The molecule has 4 nitrogen and oxygen atoms in total. The molecule has 3 aromatic rings. The second-order valence-corrected chi connectivity index (χ2v) is 10.2. The highest BCUT2D eigenvalue weighted by Crippen LogP contribution is 2.41. The summed E-state index contributed by atoms with van der Waals surface area (Å²) < 4.78 is 66.5. The minimum atomic E-state index is -4.73. The van der Waals surface area contributed by atoms with E-state index in [-0.39, 0.29) is 18.5 Å². The summed E-state index contributed by atoms with van der Waals surface area (Å²) in [5, 5.41) is 0. The lowest BCUT2D eigenvalue weighted by Crippen LogP contribution is -2.26. The van der Waals surface area contributed by atoms with Gasteiger partial charge in [0.05, 0.1) is 13.8 Å². The molecule has 0 amide bonds. The fourth-order valence-electron chi connectivity index (χ4n) is 5.64. The zero-order chi connectivity index (χ0) is 28.1. The van der Waals surface area contributed by atoms with Gasteiger partial charge in [0.2, 0.25) is 0 Å². The topological polar surface area (TPSA) is 30.9 Å². The molecule has 1 aliphatic carbocycles. The van der Waals surface area contributed by atoms with Crippen molar-refractivity contribution in [1.82, 2.24) is 4.90 Å². The number of methoxy groups -OCH3 is 1.